The van der Waals surface area contributed by atoms with E-state index in [1.807, 2.05) is 0 Å². The summed E-state index contributed by atoms with van der Waals surface area (Å²) in [5.41, 5.74) is 0. The number of carbonyl (C=O) groups is 2. The minimum atomic E-state index is -2.55. The van der Waals surface area contributed by atoms with Gasteiger partial charge in [0, 0.05) is 13.3 Å². The summed E-state index contributed by atoms with van der Waals surface area (Å²) in [6.07, 6.45) is -6.58. The molecule has 0 radical (unpaired) electrons. The number of hydrogen-bond acceptors (Lipinski definition) is 9. The van der Waals surface area contributed by atoms with Crippen molar-refractivity contribution in [2.75, 3.05) is 13.2 Å². The Kier molecular flexibility index (Phi) is 7.52. The van der Waals surface area contributed by atoms with E-state index < -0.39 is 61.1 Å². The van der Waals surface area contributed by atoms with Crippen molar-refractivity contribution in [1.82, 2.24) is 5.32 Å². The van der Waals surface area contributed by atoms with Gasteiger partial charge in [0.05, 0.1) is 25.4 Å². The molecule has 6 N–H and O–H groups in total. The SMILES string of the molecule is CCCOC(=O)[C@@]1(O)C[C@H](O)[C@@H](NC(C)=O)[C@H](C(O)[C@H](O)CO)O1. The first-order valence-electron chi connectivity index (χ1n) is 7.65. The highest BCUT2D eigenvalue weighted by Crippen LogP contribution is 2.31. The summed E-state index contributed by atoms with van der Waals surface area (Å²) >= 11 is 0. The first-order valence-corrected chi connectivity index (χ1v) is 7.65. The molecule has 140 valence electrons. The van der Waals surface area contributed by atoms with Crippen LogP contribution in [0.15, 0.2) is 0 Å². The molecule has 0 saturated carbocycles. The Balaban J connectivity index is 3.05. The van der Waals surface area contributed by atoms with Crippen LogP contribution in [0.1, 0.15) is 26.7 Å². The van der Waals surface area contributed by atoms with E-state index >= 15 is 0 Å². The highest BCUT2D eigenvalue weighted by atomic mass is 16.7. The fourth-order valence-electron chi connectivity index (χ4n) is 2.44. The van der Waals surface area contributed by atoms with Crippen molar-refractivity contribution in [3.63, 3.8) is 0 Å². The lowest BCUT2D eigenvalue weighted by Crippen LogP contribution is -2.67. The van der Waals surface area contributed by atoms with Crippen LogP contribution in [-0.2, 0) is 19.1 Å². The molecule has 10 nitrogen and oxygen atoms in total. The van der Waals surface area contributed by atoms with Crippen molar-refractivity contribution in [2.45, 2.75) is 62.9 Å². The van der Waals surface area contributed by atoms with Crippen LogP contribution in [-0.4, -0.2) is 86.9 Å². The molecule has 1 rings (SSSR count). The predicted molar refractivity (Wildman–Crippen MR) is 78.4 cm³/mol. The van der Waals surface area contributed by atoms with E-state index in [2.05, 4.69) is 5.32 Å². The molecule has 0 aromatic rings. The molecule has 1 heterocycles. The molecule has 1 aliphatic heterocycles. The van der Waals surface area contributed by atoms with E-state index in [-0.39, 0.29) is 6.61 Å². The van der Waals surface area contributed by atoms with Crippen LogP contribution in [0.2, 0.25) is 0 Å². The van der Waals surface area contributed by atoms with E-state index in [0.717, 1.165) is 6.92 Å². The first-order chi connectivity index (χ1) is 11.2. The lowest BCUT2D eigenvalue weighted by atomic mass is 9.88. The normalized spacial score (nSPS) is 32.7. The molecule has 1 fully saturated rings. The maximum atomic E-state index is 12.0. The van der Waals surface area contributed by atoms with Gasteiger partial charge in [-0.15, -0.1) is 0 Å². The molecule has 6 atom stereocenters. The number of rotatable bonds is 7. The predicted octanol–water partition coefficient (Wildman–Crippen LogP) is -3.00. The zero-order valence-corrected chi connectivity index (χ0v) is 13.6. The maximum absolute atomic E-state index is 12.0. The molecule has 24 heavy (non-hydrogen) atoms. The van der Waals surface area contributed by atoms with E-state index in [0.29, 0.717) is 6.42 Å². The van der Waals surface area contributed by atoms with Crippen molar-refractivity contribution in [1.29, 1.82) is 0 Å². The number of hydrogen-bond donors (Lipinski definition) is 6. The number of ether oxygens (including phenoxy) is 2. The molecule has 0 bridgehead atoms. The molecule has 1 unspecified atom stereocenters. The van der Waals surface area contributed by atoms with Crippen LogP contribution < -0.4 is 5.32 Å². The van der Waals surface area contributed by atoms with Gasteiger partial charge in [-0.25, -0.2) is 4.79 Å². The molecule has 0 aromatic carbocycles. The molecule has 1 aliphatic rings. The van der Waals surface area contributed by atoms with Gasteiger partial charge in [0.15, 0.2) is 0 Å². The van der Waals surface area contributed by atoms with Gasteiger partial charge < -0.3 is 40.3 Å². The lowest BCUT2D eigenvalue weighted by molar-refractivity contribution is -0.297. The highest BCUT2D eigenvalue weighted by Gasteiger charge is 2.54. The van der Waals surface area contributed by atoms with Gasteiger partial charge in [-0.2, -0.15) is 0 Å². The van der Waals surface area contributed by atoms with Crippen LogP contribution >= 0.6 is 0 Å². The van der Waals surface area contributed by atoms with Gasteiger partial charge in [0.25, 0.3) is 5.79 Å². The van der Waals surface area contributed by atoms with E-state index in [4.69, 9.17) is 14.6 Å². The Morgan fingerprint density at radius 3 is 2.54 bits per heavy atom. The summed E-state index contributed by atoms with van der Waals surface area (Å²) < 4.78 is 9.99. The Bertz CT molecular complexity index is 446. The summed E-state index contributed by atoms with van der Waals surface area (Å²) in [4.78, 5) is 23.2. The number of esters is 1. The van der Waals surface area contributed by atoms with Gasteiger partial charge in [-0.05, 0) is 6.42 Å². The fraction of sp³-hybridized carbons (Fsp3) is 0.857. The Morgan fingerprint density at radius 2 is 2.04 bits per heavy atom. The number of aliphatic hydroxyl groups excluding tert-OH is 4. The van der Waals surface area contributed by atoms with Crippen LogP contribution in [0.4, 0.5) is 0 Å². The van der Waals surface area contributed by atoms with Crippen molar-refractivity contribution < 1.29 is 44.6 Å². The van der Waals surface area contributed by atoms with Crippen molar-refractivity contribution >= 4 is 11.9 Å². The second-order valence-corrected chi connectivity index (χ2v) is 5.74. The Hall–Kier alpha value is -1.30. The molecule has 0 spiro atoms. The summed E-state index contributed by atoms with van der Waals surface area (Å²) in [5.74, 6) is -4.26. The smallest absolute Gasteiger partial charge is 0.366 e. The summed E-state index contributed by atoms with van der Waals surface area (Å²) in [6, 6.07) is -1.21. The number of carbonyl (C=O) groups excluding carboxylic acids is 2. The number of amides is 1. The van der Waals surface area contributed by atoms with Gasteiger partial charge in [0.1, 0.15) is 18.3 Å². The number of nitrogens with one attached hydrogen (secondary N) is 1. The van der Waals surface area contributed by atoms with Crippen molar-refractivity contribution in [2.24, 2.45) is 0 Å². The van der Waals surface area contributed by atoms with Gasteiger partial charge in [-0.3, -0.25) is 4.79 Å². The molecular formula is C14H25NO9. The minimum Gasteiger partial charge on any atom is -0.462 e. The Labute approximate surface area is 139 Å². The second-order valence-electron chi connectivity index (χ2n) is 5.74. The molecule has 0 aromatic heterocycles. The molecular weight excluding hydrogens is 326 g/mol. The molecule has 10 heteroatoms. The highest BCUT2D eigenvalue weighted by molar-refractivity contribution is 5.78. The lowest BCUT2D eigenvalue weighted by Gasteiger charge is -2.45. The summed E-state index contributed by atoms with van der Waals surface area (Å²) in [7, 11) is 0. The monoisotopic (exact) mass is 351 g/mol. The average molecular weight is 351 g/mol. The van der Waals surface area contributed by atoms with E-state index in [1.165, 1.54) is 0 Å². The third kappa shape index (κ3) is 4.85. The largest absolute Gasteiger partial charge is 0.462 e. The van der Waals surface area contributed by atoms with Crippen LogP contribution in [0.3, 0.4) is 0 Å². The fourth-order valence-corrected chi connectivity index (χ4v) is 2.44. The van der Waals surface area contributed by atoms with Crippen molar-refractivity contribution in [3.8, 4) is 0 Å². The third-order valence-corrected chi connectivity index (χ3v) is 3.63. The minimum absolute atomic E-state index is 0.0161. The van der Waals surface area contributed by atoms with E-state index in [9.17, 15) is 30.0 Å². The van der Waals surface area contributed by atoms with E-state index in [1.54, 1.807) is 6.92 Å². The quantitative estimate of drug-likeness (QED) is 0.262. The standard InChI is InChI=1S/C14H25NO9/c1-3-4-23-13(21)14(22)5-8(18)10(15-7(2)17)12(24-14)11(20)9(19)6-16/h8-12,16,18-20,22H,3-6H2,1-2H3,(H,15,17)/t8-,9+,10+,11?,12+,14+/m0/s1. The van der Waals surface area contributed by atoms with Crippen molar-refractivity contribution in [3.05, 3.63) is 0 Å². The number of aliphatic hydroxyl groups is 5. The molecule has 1 saturated heterocycles. The van der Waals surface area contributed by atoms with Gasteiger partial charge >= 0.3 is 5.97 Å². The molecule has 1 amide bonds. The van der Waals surface area contributed by atoms with Crippen LogP contribution in [0.5, 0.6) is 0 Å². The zero-order chi connectivity index (χ0) is 18.5. The second kappa shape index (κ2) is 8.70. The maximum Gasteiger partial charge on any atom is 0.366 e. The summed E-state index contributed by atoms with van der Waals surface area (Å²) in [6.45, 7) is 2.09. The third-order valence-electron chi connectivity index (χ3n) is 3.63. The topological polar surface area (TPSA) is 166 Å². The average Bonchev–Trinajstić information content (AvgIpc) is 2.53. The van der Waals surface area contributed by atoms with Gasteiger partial charge in [0.2, 0.25) is 5.91 Å². The molecule has 0 aliphatic carbocycles. The first kappa shape index (κ1) is 20.7. The summed E-state index contributed by atoms with van der Waals surface area (Å²) in [5, 5.41) is 51.5. The Morgan fingerprint density at radius 1 is 1.42 bits per heavy atom. The van der Waals surface area contributed by atoms with Crippen LogP contribution in [0, 0.1) is 0 Å². The van der Waals surface area contributed by atoms with Gasteiger partial charge in [-0.1, -0.05) is 6.92 Å². The zero-order valence-electron chi connectivity index (χ0n) is 13.6. The van der Waals surface area contributed by atoms with Crippen LogP contribution in [0.25, 0.3) is 0 Å².